The minimum absolute atomic E-state index is 0.0804. The summed E-state index contributed by atoms with van der Waals surface area (Å²) in [5.74, 6) is 0.457. The molecule has 0 amide bonds. The molecule has 12 heavy (non-hydrogen) atoms. The summed E-state index contributed by atoms with van der Waals surface area (Å²) in [5, 5.41) is 0. The molecule has 0 aromatic heterocycles. The number of carbonyl (C=O) groups is 1. The van der Waals surface area contributed by atoms with Gasteiger partial charge in [0, 0.05) is 0 Å². The van der Waals surface area contributed by atoms with Gasteiger partial charge in [0.15, 0.2) is 5.60 Å². The van der Waals surface area contributed by atoms with E-state index in [9.17, 15) is 4.79 Å². The van der Waals surface area contributed by atoms with Crippen molar-refractivity contribution >= 4 is 5.78 Å². The van der Waals surface area contributed by atoms with Gasteiger partial charge in [0.25, 0.3) is 5.95 Å². The fourth-order valence-electron chi connectivity index (χ4n) is 1.91. The average Bonchev–Trinajstić information content (AvgIpc) is 2.63. The molecule has 2 aliphatic rings. The predicted octanol–water partition coefficient (Wildman–Crippen LogP) is 1.39. The summed E-state index contributed by atoms with van der Waals surface area (Å²) in [6.07, 6.45) is 5.31. The van der Waals surface area contributed by atoms with Crippen molar-refractivity contribution in [2.24, 2.45) is 0 Å². The fourth-order valence-corrected chi connectivity index (χ4v) is 1.91. The lowest BCUT2D eigenvalue weighted by Crippen LogP contribution is -2.32. The molecule has 1 aliphatic carbocycles. The smallest absolute Gasteiger partial charge is 0.283 e. The number of carbonyl (C=O) groups excluding carboxylic acids is 1. The molecule has 1 saturated carbocycles. The van der Waals surface area contributed by atoms with Gasteiger partial charge < -0.3 is 9.47 Å². The summed E-state index contributed by atoms with van der Waals surface area (Å²) in [6, 6.07) is 0. The fraction of sp³-hybridized carbons (Fsp3) is 0.667. The zero-order chi connectivity index (χ0) is 8.60. The van der Waals surface area contributed by atoms with Crippen molar-refractivity contribution in [3.8, 4) is 0 Å². The third-order valence-electron chi connectivity index (χ3n) is 2.61. The third-order valence-corrected chi connectivity index (χ3v) is 2.61. The zero-order valence-electron chi connectivity index (χ0n) is 7.13. The van der Waals surface area contributed by atoms with Crippen LogP contribution >= 0.6 is 0 Å². The lowest BCUT2D eigenvalue weighted by molar-refractivity contribution is -0.132. The van der Waals surface area contributed by atoms with Crippen LogP contribution in [0.25, 0.3) is 0 Å². The van der Waals surface area contributed by atoms with E-state index in [0.717, 1.165) is 25.7 Å². The Morgan fingerprint density at radius 1 is 1.50 bits per heavy atom. The van der Waals surface area contributed by atoms with Crippen LogP contribution in [0, 0.1) is 0 Å². The van der Waals surface area contributed by atoms with Crippen molar-refractivity contribution in [2.45, 2.75) is 31.3 Å². The summed E-state index contributed by atoms with van der Waals surface area (Å²) in [6.45, 7) is 0. The summed E-state index contributed by atoms with van der Waals surface area (Å²) in [7, 11) is 1.52. The lowest BCUT2D eigenvalue weighted by Gasteiger charge is -2.21. The molecule has 66 valence electrons. The first-order valence-electron chi connectivity index (χ1n) is 4.26. The first-order valence-corrected chi connectivity index (χ1v) is 4.26. The highest BCUT2D eigenvalue weighted by atomic mass is 16.7. The van der Waals surface area contributed by atoms with E-state index in [1.807, 2.05) is 0 Å². The van der Waals surface area contributed by atoms with Crippen molar-refractivity contribution in [2.75, 3.05) is 7.11 Å². The summed E-state index contributed by atoms with van der Waals surface area (Å²) in [4.78, 5) is 11.5. The molecule has 0 aromatic rings. The van der Waals surface area contributed by atoms with Crippen LogP contribution in [0.1, 0.15) is 25.7 Å². The quantitative estimate of drug-likeness (QED) is 0.593. The molecule has 0 unspecified atom stereocenters. The second-order valence-electron chi connectivity index (χ2n) is 3.34. The van der Waals surface area contributed by atoms with Crippen LogP contribution in [0.5, 0.6) is 0 Å². The molecule has 1 fully saturated rings. The molecule has 0 bridgehead atoms. The third kappa shape index (κ3) is 0.924. The van der Waals surface area contributed by atoms with Gasteiger partial charge in [-0.2, -0.15) is 0 Å². The first-order chi connectivity index (χ1) is 5.77. The normalized spacial score (nSPS) is 25.8. The maximum absolute atomic E-state index is 11.5. The number of methoxy groups -OCH3 is 1. The van der Waals surface area contributed by atoms with Crippen LogP contribution < -0.4 is 0 Å². The van der Waals surface area contributed by atoms with Crippen LogP contribution in [0.4, 0.5) is 0 Å². The molecular formula is C9H12O3. The molecule has 0 N–H and O–H groups in total. The monoisotopic (exact) mass is 168 g/mol. The number of hydrogen-bond donors (Lipinski definition) is 0. The van der Waals surface area contributed by atoms with Gasteiger partial charge in [-0.3, -0.25) is 4.79 Å². The highest BCUT2D eigenvalue weighted by Gasteiger charge is 2.47. The molecule has 3 nitrogen and oxygen atoms in total. The Kier molecular flexibility index (Phi) is 1.60. The summed E-state index contributed by atoms with van der Waals surface area (Å²) in [5.41, 5.74) is -0.536. The summed E-state index contributed by atoms with van der Waals surface area (Å²) < 4.78 is 10.3. The van der Waals surface area contributed by atoms with Gasteiger partial charge in [-0.15, -0.1) is 0 Å². The van der Waals surface area contributed by atoms with E-state index in [0.29, 0.717) is 5.95 Å². The zero-order valence-corrected chi connectivity index (χ0v) is 7.13. The van der Waals surface area contributed by atoms with E-state index >= 15 is 0 Å². The Labute approximate surface area is 71.3 Å². The number of ether oxygens (including phenoxy) is 2. The van der Waals surface area contributed by atoms with Crippen LogP contribution in [-0.4, -0.2) is 18.5 Å². The molecular weight excluding hydrogens is 156 g/mol. The van der Waals surface area contributed by atoms with Gasteiger partial charge in [0.2, 0.25) is 5.78 Å². The maximum atomic E-state index is 11.5. The van der Waals surface area contributed by atoms with E-state index in [-0.39, 0.29) is 5.78 Å². The SMILES string of the molecule is COC1=CC(=O)C2(CCCC2)O1. The van der Waals surface area contributed by atoms with Crippen LogP contribution in [-0.2, 0) is 14.3 Å². The van der Waals surface area contributed by atoms with Crippen molar-refractivity contribution in [3.63, 3.8) is 0 Å². The lowest BCUT2D eigenvalue weighted by atomic mass is 9.98. The standard InChI is InChI=1S/C9H12O3/c1-11-8-6-7(10)9(12-8)4-2-3-5-9/h6H,2-5H2,1H3. The van der Waals surface area contributed by atoms with E-state index in [1.165, 1.54) is 13.2 Å². The molecule has 1 aliphatic heterocycles. The first kappa shape index (κ1) is 7.65. The predicted molar refractivity (Wildman–Crippen MR) is 42.4 cm³/mol. The second kappa shape index (κ2) is 2.51. The van der Waals surface area contributed by atoms with Crippen molar-refractivity contribution in [3.05, 3.63) is 12.0 Å². The number of ketones is 1. The molecule has 0 atom stereocenters. The second-order valence-corrected chi connectivity index (χ2v) is 3.34. The molecule has 0 aromatic carbocycles. The van der Waals surface area contributed by atoms with E-state index in [2.05, 4.69) is 0 Å². The highest BCUT2D eigenvalue weighted by molar-refractivity contribution is 5.99. The molecule has 1 heterocycles. The van der Waals surface area contributed by atoms with Crippen LogP contribution in [0.2, 0.25) is 0 Å². The van der Waals surface area contributed by atoms with Gasteiger partial charge in [0.05, 0.1) is 13.2 Å². The molecule has 0 radical (unpaired) electrons. The van der Waals surface area contributed by atoms with E-state index < -0.39 is 5.60 Å². The molecule has 0 saturated heterocycles. The van der Waals surface area contributed by atoms with Gasteiger partial charge in [0.1, 0.15) is 0 Å². The van der Waals surface area contributed by atoms with Gasteiger partial charge in [-0.1, -0.05) is 0 Å². The van der Waals surface area contributed by atoms with Crippen molar-refractivity contribution in [1.29, 1.82) is 0 Å². The summed E-state index contributed by atoms with van der Waals surface area (Å²) >= 11 is 0. The molecule has 3 heteroatoms. The Balaban J connectivity index is 2.18. The Morgan fingerprint density at radius 3 is 2.67 bits per heavy atom. The van der Waals surface area contributed by atoms with Gasteiger partial charge in [-0.05, 0) is 25.7 Å². The van der Waals surface area contributed by atoms with Gasteiger partial charge >= 0.3 is 0 Å². The van der Waals surface area contributed by atoms with E-state index in [4.69, 9.17) is 9.47 Å². The maximum Gasteiger partial charge on any atom is 0.283 e. The minimum atomic E-state index is -0.536. The van der Waals surface area contributed by atoms with Crippen molar-refractivity contribution in [1.82, 2.24) is 0 Å². The van der Waals surface area contributed by atoms with Crippen LogP contribution in [0.3, 0.4) is 0 Å². The minimum Gasteiger partial charge on any atom is -0.469 e. The average molecular weight is 168 g/mol. The Bertz CT molecular complexity index is 236. The topological polar surface area (TPSA) is 35.5 Å². The van der Waals surface area contributed by atoms with Crippen molar-refractivity contribution < 1.29 is 14.3 Å². The molecule has 1 spiro atoms. The number of hydrogen-bond acceptors (Lipinski definition) is 3. The number of rotatable bonds is 1. The largest absolute Gasteiger partial charge is 0.469 e. The Morgan fingerprint density at radius 2 is 2.17 bits per heavy atom. The molecule has 2 rings (SSSR count). The van der Waals surface area contributed by atoms with Gasteiger partial charge in [-0.25, -0.2) is 0 Å². The van der Waals surface area contributed by atoms with Crippen LogP contribution in [0.15, 0.2) is 12.0 Å². The Hall–Kier alpha value is -0.990. The van der Waals surface area contributed by atoms with E-state index in [1.54, 1.807) is 0 Å². The highest BCUT2D eigenvalue weighted by Crippen LogP contribution is 2.39.